The van der Waals surface area contributed by atoms with Crippen molar-refractivity contribution in [2.75, 3.05) is 38.0 Å². The molecule has 0 atom stereocenters. The number of rotatable bonds is 11. The predicted molar refractivity (Wildman–Crippen MR) is 144 cm³/mol. The summed E-state index contributed by atoms with van der Waals surface area (Å²) in [5, 5.41) is 5.39. The van der Waals surface area contributed by atoms with Crippen LogP contribution in [-0.4, -0.2) is 54.1 Å². The number of carbonyl (C=O) groups excluding carboxylic acids is 2. The Kier molecular flexibility index (Phi) is 8.66. The van der Waals surface area contributed by atoms with E-state index in [4.69, 9.17) is 13.8 Å². The Morgan fingerprint density at radius 1 is 1.00 bits per heavy atom. The van der Waals surface area contributed by atoms with Gasteiger partial charge in [-0.15, -0.1) is 0 Å². The number of methoxy groups -OCH3 is 1. The smallest absolute Gasteiger partial charge is 0.421 e. The number of anilines is 4. The van der Waals surface area contributed by atoms with Gasteiger partial charge in [-0.25, -0.2) is 4.98 Å². The van der Waals surface area contributed by atoms with E-state index < -0.39 is 37.0 Å². The van der Waals surface area contributed by atoms with Crippen LogP contribution in [0.25, 0.3) is 0 Å². The molecule has 1 aliphatic rings. The summed E-state index contributed by atoms with van der Waals surface area (Å²) in [7, 11) is -0.722. The zero-order valence-corrected chi connectivity index (χ0v) is 23.4. The lowest BCUT2D eigenvalue weighted by molar-refractivity contribution is -0.137. The summed E-state index contributed by atoms with van der Waals surface area (Å²) >= 11 is 0. The van der Waals surface area contributed by atoms with Gasteiger partial charge in [-0.2, -0.15) is 18.2 Å². The van der Waals surface area contributed by atoms with Crippen molar-refractivity contribution in [3.8, 4) is 5.75 Å². The van der Waals surface area contributed by atoms with E-state index in [1.165, 1.54) is 32.4 Å². The predicted octanol–water partition coefficient (Wildman–Crippen LogP) is 5.98. The standard InChI is InChI=1S/C26H27F3N5O6P/c1-5-39-41(37,40-6-2)14-15-10-11-18(20(12-15)38-4)32-25-30-13-17(26(27,28)29)22(33-25)31-19-9-7-8-16-21(19)24(36)34(3)23(16)35/h7-13H,5-6,14H2,1-4H3,(H2,30,31,32,33). The summed E-state index contributed by atoms with van der Waals surface area (Å²) in [5.74, 6) is -1.80. The maximum absolute atomic E-state index is 13.9. The third-order valence-corrected chi connectivity index (χ3v) is 8.06. The van der Waals surface area contributed by atoms with Crippen LogP contribution in [0.3, 0.4) is 0 Å². The van der Waals surface area contributed by atoms with Gasteiger partial charge in [0.1, 0.15) is 17.1 Å². The highest BCUT2D eigenvalue weighted by molar-refractivity contribution is 7.53. The third kappa shape index (κ3) is 6.34. The molecule has 15 heteroatoms. The van der Waals surface area contributed by atoms with Crippen LogP contribution in [0, 0.1) is 0 Å². The molecule has 1 aliphatic heterocycles. The number of nitrogens with one attached hydrogen (secondary N) is 2. The van der Waals surface area contributed by atoms with Crippen LogP contribution in [0.5, 0.6) is 5.75 Å². The van der Waals surface area contributed by atoms with Gasteiger partial charge >= 0.3 is 13.8 Å². The van der Waals surface area contributed by atoms with Crippen molar-refractivity contribution >= 4 is 42.6 Å². The van der Waals surface area contributed by atoms with Crippen LogP contribution in [0.4, 0.5) is 36.3 Å². The number of nitrogens with zero attached hydrogens (tertiary/aromatic N) is 3. The molecule has 0 aliphatic carbocycles. The van der Waals surface area contributed by atoms with Crippen molar-refractivity contribution in [2.45, 2.75) is 26.2 Å². The summed E-state index contributed by atoms with van der Waals surface area (Å²) in [6, 6.07) is 9.02. The van der Waals surface area contributed by atoms with Gasteiger partial charge in [0.05, 0.1) is 49.0 Å². The Labute approximate surface area is 233 Å². The lowest BCUT2D eigenvalue weighted by Crippen LogP contribution is -2.24. The van der Waals surface area contributed by atoms with E-state index in [2.05, 4.69) is 20.6 Å². The summed E-state index contributed by atoms with van der Waals surface area (Å²) in [4.78, 5) is 33.7. The van der Waals surface area contributed by atoms with Gasteiger partial charge in [-0.1, -0.05) is 12.1 Å². The van der Waals surface area contributed by atoms with Crippen molar-refractivity contribution in [1.29, 1.82) is 0 Å². The highest BCUT2D eigenvalue weighted by Gasteiger charge is 2.38. The molecule has 1 aromatic heterocycles. The normalized spacial score (nSPS) is 13.4. The maximum Gasteiger partial charge on any atom is 0.421 e. The number of carbonyl (C=O) groups is 2. The molecule has 3 aromatic rings. The third-order valence-electron chi connectivity index (χ3n) is 6.01. The Hall–Kier alpha value is -4.00. The van der Waals surface area contributed by atoms with Crippen LogP contribution in [0.15, 0.2) is 42.6 Å². The molecule has 4 rings (SSSR count). The van der Waals surface area contributed by atoms with Gasteiger partial charge < -0.3 is 24.4 Å². The Morgan fingerprint density at radius 3 is 2.34 bits per heavy atom. The molecule has 2 N–H and O–H groups in total. The quantitative estimate of drug-likeness (QED) is 0.202. The molecule has 218 valence electrons. The maximum atomic E-state index is 13.9. The summed E-state index contributed by atoms with van der Waals surface area (Å²) in [6.45, 7) is 3.80. The Balaban J connectivity index is 1.67. The minimum atomic E-state index is -4.83. The molecular weight excluding hydrogens is 566 g/mol. The lowest BCUT2D eigenvalue weighted by atomic mass is 10.1. The van der Waals surface area contributed by atoms with Crippen molar-refractivity contribution in [3.63, 3.8) is 0 Å². The first-order valence-corrected chi connectivity index (χ1v) is 14.1. The van der Waals surface area contributed by atoms with Crippen molar-refractivity contribution in [2.24, 2.45) is 0 Å². The van der Waals surface area contributed by atoms with Crippen molar-refractivity contribution < 1.29 is 41.1 Å². The monoisotopic (exact) mass is 593 g/mol. The molecule has 2 amide bonds. The van der Waals surface area contributed by atoms with E-state index in [0.717, 1.165) is 4.90 Å². The van der Waals surface area contributed by atoms with Gasteiger partial charge in [0.15, 0.2) is 0 Å². The number of benzene rings is 2. The number of alkyl halides is 3. The molecule has 0 spiro atoms. The van der Waals surface area contributed by atoms with E-state index >= 15 is 0 Å². The fourth-order valence-electron chi connectivity index (χ4n) is 4.18. The van der Waals surface area contributed by atoms with Crippen LogP contribution < -0.4 is 15.4 Å². The highest BCUT2D eigenvalue weighted by Crippen LogP contribution is 2.51. The molecule has 0 unspecified atom stereocenters. The average Bonchev–Trinajstić information content (AvgIpc) is 3.13. The number of hydrogen-bond donors (Lipinski definition) is 2. The van der Waals surface area contributed by atoms with Crippen molar-refractivity contribution in [3.05, 3.63) is 64.8 Å². The van der Waals surface area contributed by atoms with Gasteiger partial charge in [0.25, 0.3) is 11.8 Å². The number of imide groups is 1. The zero-order chi connectivity index (χ0) is 29.9. The average molecular weight is 593 g/mol. The molecule has 41 heavy (non-hydrogen) atoms. The number of hydrogen-bond acceptors (Lipinski definition) is 10. The lowest BCUT2D eigenvalue weighted by Gasteiger charge is -2.18. The van der Waals surface area contributed by atoms with Crippen molar-refractivity contribution in [1.82, 2.24) is 14.9 Å². The van der Waals surface area contributed by atoms with Crippen LogP contribution in [0.2, 0.25) is 0 Å². The second-order valence-corrected chi connectivity index (χ2v) is 10.8. The van der Waals surface area contributed by atoms with Crippen LogP contribution in [-0.2, 0) is 26.0 Å². The fourth-order valence-corrected chi connectivity index (χ4v) is 5.87. The van der Waals surface area contributed by atoms with E-state index in [-0.39, 0.29) is 47.9 Å². The van der Waals surface area contributed by atoms with E-state index in [0.29, 0.717) is 17.4 Å². The summed E-state index contributed by atoms with van der Waals surface area (Å²) in [6.07, 6.45) is -4.25. The SMILES string of the molecule is CCOP(=O)(Cc1ccc(Nc2ncc(C(F)(F)F)c(Nc3cccc4c3C(=O)N(C)C4=O)n2)c(OC)c1)OCC. The Morgan fingerprint density at radius 2 is 1.71 bits per heavy atom. The van der Waals surface area contributed by atoms with Gasteiger partial charge in [-0.05, 0) is 43.7 Å². The largest absolute Gasteiger partial charge is 0.495 e. The topological polar surface area (TPSA) is 132 Å². The second-order valence-electron chi connectivity index (χ2n) is 8.74. The number of halogens is 3. The summed E-state index contributed by atoms with van der Waals surface area (Å²) in [5.41, 5.74) is -0.310. The van der Waals surface area contributed by atoms with E-state index in [1.54, 1.807) is 32.0 Å². The van der Waals surface area contributed by atoms with Gasteiger partial charge in [0, 0.05) is 13.2 Å². The number of fused-ring (bicyclic) bond motifs is 1. The first kappa shape index (κ1) is 30.0. The van der Waals surface area contributed by atoms with Gasteiger partial charge in [0.2, 0.25) is 5.95 Å². The molecule has 0 bridgehead atoms. The van der Waals surface area contributed by atoms with E-state index in [1.807, 2.05) is 0 Å². The molecule has 0 radical (unpaired) electrons. The molecule has 0 saturated heterocycles. The second kappa shape index (κ2) is 11.9. The Bertz CT molecular complexity index is 1520. The molecule has 2 aromatic carbocycles. The number of amides is 2. The molecule has 2 heterocycles. The zero-order valence-electron chi connectivity index (χ0n) is 22.5. The number of ether oxygens (including phenoxy) is 1. The van der Waals surface area contributed by atoms with Crippen LogP contribution in [0.1, 0.15) is 45.7 Å². The first-order chi connectivity index (χ1) is 19.4. The van der Waals surface area contributed by atoms with Crippen LogP contribution >= 0.6 is 7.60 Å². The van der Waals surface area contributed by atoms with Gasteiger partial charge in [-0.3, -0.25) is 19.1 Å². The first-order valence-electron chi connectivity index (χ1n) is 12.4. The number of aromatic nitrogens is 2. The molecule has 11 nitrogen and oxygen atoms in total. The van der Waals surface area contributed by atoms with E-state index in [9.17, 15) is 27.3 Å². The molecule has 0 saturated carbocycles. The molecular formula is C26H27F3N5O6P. The minimum absolute atomic E-state index is 0.0182. The fraction of sp³-hybridized carbons (Fsp3) is 0.308. The highest BCUT2D eigenvalue weighted by atomic mass is 31.2. The minimum Gasteiger partial charge on any atom is -0.495 e. The molecule has 0 fully saturated rings. The summed E-state index contributed by atoms with van der Waals surface area (Å²) < 4.78 is 70.6.